The Balaban J connectivity index is 1.63. The predicted octanol–water partition coefficient (Wildman–Crippen LogP) is 0.417. The Hall–Kier alpha value is -2.22. The molecule has 1 atom stereocenters. The minimum Gasteiger partial charge on any atom is -0.347 e. The zero-order valence-corrected chi connectivity index (χ0v) is 11.9. The van der Waals surface area contributed by atoms with Crippen LogP contribution in [0.5, 0.6) is 0 Å². The Labute approximate surface area is 122 Å². The molecule has 0 radical (unpaired) electrons. The molecule has 1 aliphatic rings. The van der Waals surface area contributed by atoms with Crippen molar-refractivity contribution in [1.29, 1.82) is 0 Å². The van der Waals surface area contributed by atoms with Gasteiger partial charge in [-0.15, -0.1) is 5.10 Å². The fourth-order valence-electron chi connectivity index (χ4n) is 2.48. The number of nitrogens with zero attached hydrogens (tertiary/aromatic N) is 4. The summed E-state index contributed by atoms with van der Waals surface area (Å²) in [5.41, 5.74) is 0.340. The first-order chi connectivity index (χ1) is 10.2. The molecule has 3 heterocycles. The van der Waals surface area contributed by atoms with Crippen molar-refractivity contribution in [2.24, 2.45) is 0 Å². The number of imidazole rings is 1. The minimum atomic E-state index is -0.237. The fourth-order valence-corrected chi connectivity index (χ4v) is 2.48. The van der Waals surface area contributed by atoms with E-state index in [0.717, 1.165) is 25.9 Å². The molecule has 0 aliphatic carbocycles. The molecule has 3 rings (SSSR count). The van der Waals surface area contributed by atoms with Crippen LogP contribution in [0.1, 0.15) is 48.2 Å². The third-order valence-electron chi connectivity index (χ3n) is 3.70. The predicted molar refractivity (Wildman–Crippen MR) is 75.6 cm³/mol. The molecule has 0 saturated carbocycles. The average molecular weight is 289 g/mol. The number of amides is 1. The maximum absolute atomic E-state index is 12.2. The summed E-state index contributed by atoms with van der Waals surface area (Å²) < 4.78 is 1.80. The van der Waals surface area contributed by atoms with E-state index in [-0.39, 0.29) is 11.9 Å². The van der Waals surface area contributed by atoms with Crippen molar-refractivity contribution in [2.45, 2.75) is 31.8 Å². The molecular formula is C13H19N7O. The van der Waals surface area contributed by atoms with Crippen molar-refractivity contribution in [2.75, 3.05) is 13.1 Å². The normalized spacial score (nSPS) is 17.6. The smallest absolute Gasteiger partial charge is 0.274 e. The summed E-state index contributed by atoms with van der Waals surface area (Å²) in [5.74, 6) is 0.480. The van der Waals surface area contributed by atoms with Gasteiger partial charge in [0.15, 0.2) is 5.69 Å². The van der Waals surface area contributed by atoms with Gasteiger partial charge >= 0.3 is 0 Å². The molecule has 8 nitrogen and oxygen atoms in total. The van der Waals surface area contributed by atoms with Crippen molar-refractivity contribution in [3.05, 3.63) is 30.1 Å². The molecule has 1 amide bonds. The number of nitrogens with one attached hydrogen (secondary N) is 3. The molecular weight excluding hydrogens is 270 g/mol. The fraction of sp³-hybridized carbons (Fsp3) is 0.538. The highest BCUT2D eigenvalue weighted by Crippen LogP contribution is 2.17. The topological polar surface area (TPSA) is 101 Å². The summed E-state index contributed by atoms with van der Waals surface area (Å²) in [5, 5.41) is 14.2. The molecule has 1 fully saturated rings. The van der Waals surface area contributed by atoms with Crippen LogP contribution in [0.3, 0.4) is 0 Å². The van der Waals surface area contributed by atoms with Gasteiger partial charge in [-0.1, -0.05) is 5.21 Å². The van der Waals surface area contributed by atoms with Crippen LogP contribution in [0.4, 0.5) is 0 Å². The van der Waals surface area contributed by atoms with Crippen LogP contribution in [0.25, 0.3) is 0 Å². The van der Waals surface area contributed by atoms with E-state index in [1.54, 1.807) is 23.3 Å². The van der Waals surface area contributed by atoms with E-state index < -0.39 is 0 Å². The van der Waals surface area contributed by atoms with E-state index in [2.05, 4.69) is 30.9 Å². The number of aromatic amines is 1. The molecule has 21 heavy (non-hydrogen) atoms. The molecule has 1 unspecified atom stereocenters. The number of hydrogen-bond acceptors (Lipinski definition) is 5. The summed E-state index contributed by atoms with van der Waals surface area (Å²) in [6.45, 7) is 3.82. The van der Waals surface area contributed by atoms with Crippen molar-refractivity contribution in [3.8, 4) is 0 Å². The Morgan fingerprint density at radius 3 is 3.00 bits per heavy atom. The lowest BCUT2D eigenvalue weighted by molar-refractivity contribution is 0.0933. The number of hydrogen-bond donors (Lipinski definition) is 3. The SMILES string of the molecule is CC(NC(=O)c1cn(C2CCNCC2)nn1)c1ncc[nH]1. The number of aromatic nitrogens is 5. The van der Waals surface area contributed by atoms with Gasteiger partial charge in [0, 0.05) is 12.4 Å². The van der Waals surface area contributed by atoms with E-state index in [4.69, 9.17) is 0 Å². The highest BCUT2D eigenvalue weighted by Gasteiger charge is 2.20. The van der Waals surface area contributed by atoms with Gasteiger partial charge in [-0.05, 0) is 32.9 Å². The average Bonchev–Trinajstić information content (AvgIpc) is 3.20. The maximum atomic E-state index is 12.2. The second-order valence-electron chi connectivity index (χ2n) is 5.23. The molecule has 3 N–H and O–H groups in total. The Morgan fingerprint density at radius 1 is 1.48 bits per heavy atom. The van der Waals surface area contributed by atoms with E-state index >= 15 is 0 Å². The van der Waals surface area contributed by atoms with Crippen molar-refractivity contribution in [1.82, 2.24) is 35.6 Å². The second-order valence-corrected chi connectivity index (χ2v) is 5.23. The second kappa shape index (κ2) is 6.04. The lowest BCUT2D eigenvalue weighted by Crippen LogP contribution is -2.29. The molecule has 0 bridgehead atoms. The summed E-state index contributed by atoms with van der Waals surface area (Å²) >= 11 is 0. The summed E-state index contributed by atoms with van der Waals surface area (Å²) in [6, 6.07) is 0.124. The minimum absolute atomic E-state index is 0.198. The van der Waals surface area contributed by atoms with E-state index in [0.29, 0.717) is 17.6 Å². The molecule has 0 spiro atoms. The van der Waals surface area contributed by atoms with Gasteiger partial charge in [-0.3, -0.25) is 4.79 Å². The summed E-state index contributed by atoms with van der Waals surface area (Å²) in [4.78, 5) is 19.3. The van der Waals surface area contributed by atoms with Crippen LogP contribution in [-0.2, 0) is 0 Å². The maximum Gasteiger partial charge on any atom is 0.274 e. The van der Waals surface area contributed by atoms with Gasteiger partial charge in [0.1, 0.15) is 5.82 Å². The van der Waals surface area contributed by atoms with Gasteiger partial charge in [-0.25, -0.2) is 9.67 Å². The summed E-state index contributed by atoms with van der Waals surface area (Å²) in [6.07, 6.45) is 7.12. The third-order valence-corrected chi connectivity index (χ3v) is 3.70. The van der Waals surface area contributed by atoms with Crippen molar-refractivity contribution in [3.63, 3.8) is 0 Å². The van der Waals surface area contributed by atoms with E-state index in [1.807, 2.05) is 6.92 Å². The van der Waals surface area contributed by atoms with Crippen LogP contribution in [0.2, 0.25) is 0 Å². The number of carbonyl (C=O) groups excluding carboxylic acids is 1. The highest BCUT2D eigenvalue weighted by atomic mass is 16.2. The van der Waals surface area contributed by atoms with Crippen LogP contribution < -0.4 is 10.6 Å². The highest BCUT2D eigenvalue weighted by molar-refractivity contribution is 5.92. The Kier molecular flexibility index (Phi) is 3.96. The zero-order valence-electron chi connectivity index (χ0n) is 11.9. The monoisotopic (exact) mass is 289 g/mol. The standard InChI is InChI=1S/C13H19N7O/c1-9(12-15-6-7-16-12)17-13(21)11-8-20(19-18-11)10-2-4-14-5-3-10/h6-10,14H,2-5H2,1H3,(H,15,16)(H,17,21). The molecule has 1 saturated heterocycles. The van der Waals surface area contributed by atoms with Crippen LogP contribution in [0.15, 0.2) is 18.6 Å². The van der Waals surface area contributed by atoms with Gasteiger partial charge < -0.3 is 15.6 Å². The molecule has 112 valence electrons. The number of carbonyl (C=O) groups is 1. The number of piperidine rings is 1. The molecule has 2 aromatic rings. The lowest BCUT2D eigenvalue weighted by atomic mass is 10.1. The summed E-state index contributed by atoms with van der Waals surface area (Å²) in [7, 11) is 0. The Bertz CT molecular complexity index is 585. The van der Waals surface area contributed by atoms with Crippen molar-refractivity contribution < 1.29 is 4.79 Å². The zero-order chi connectivity index (χ0) is 14.7. The van der Waals surface area contributed by atoms with Gasteiger partial charge in [0.25, 0.3) is 5.91 Å². The first kappa shape index (κ1) is 13.7. The number of H-pyrrole nitrogens is 1. The largest absolute Gasteiger partial charge is 0.347 e. The molecule has 0 aromatic carbocycles. The van der Waals surface area contributed by atoms with Crippen LogP contribution >= 0.6 is 0 Å². The molecule has 2 aromatic heterocycles. The van der Waals surface area contributed by atoms with E-state index in [1.165, 1.54) is 0 Å². The molecule has 1 aliphatic heterocycles. The van der Waals surface area contributed by atoms with Crippen molar-refractivity contribution >= 4 is 5.91 Å². The van der Waals surface area contributed by atoms with Gasteiger partial charge in [0.2, 0.25) is 0 Å². The molecule has 8 heteroatoms. The lowest BCUT2D eigenvalue weighted by Gasteiger charge is -2.22. The van der Waals surface area contributed by atoms with E-state index in [9.17, 15) is 4.79 Å². The quantitative estimate of drug-likeness (QED) is 0.757. The van der Waals surface area contributed by atoms with Gasteiger partial charge in [-0.2, -0.15) is 0 Å². The van der Waals surface area contributed by atoms with Crippen LogP contribution in [0, 0.1) is 0 Å². The van der Waals surface area contributed by atoms with Gasteiger partial charge in [0.05, 0.1) is 18.3 Å². The van der Waals surface area contributed by atoms with Crippen LogP contribution in [-0.4, -0.2) is 44.0 Å². The first-order valence-corrected chi connectivity index (χ1v) is 7.16. The number of rotatable bonds is 4. The first-order valence-electron chi connectivity index (χ1n) is 7.16. The third kappa shape index (κ3) is 3.10. The Morgan fingerprint density at radius 2 is 2.29 bits per heavy atom.